The van der Waals surface area contributed by atoms with E-state index in [4.69, 9.17) is 24.9 Å². The lowest BCUT2D eigenvalue weighted by atomic mass is 9.86. The van der Waals surface area contributed by atoms with E-state index in [1.807, 2.05) is 0 Å². The van der Waals surface area contributed by atoms with E-state index in [0.29, 0.717) is 29.2 Å². The van der Waals surface area contributed by atoms with Crippen LogP contribution in [-0.4, -0.2) is 34.5 Å². The summed E-state index contributed by atoms with van der Waals surface area (Å²) in [5.74, 6) is 3.65. The zero-order chi connectivity index (χ0) is 41.8. The fourth-order valence-electron chi connectivity index (χ4n) is 8.11. The normalized spacial score (nSPS) is 14.6. The van der Waals surface area contributed by atoms with Gasteiger partial charge in [-0.2, -0.15) is 0 Å². The smallest absolute Gasteiger partial charge is 0.165 e. The van der Waals surface area contributed by atoms with E-state index in [1.54, 1.807) is 6.33 Å². The van der Waals surface area contributed by atoms with Gasteiger partial charge in [-0.15, -0.1) is 0 Å². The summed E-state index contributed by atoms with van der Waals surface area (Å²) in [7, 11) is 0. The first-order valence-corrected chi connectivity index (χ1v) is 21.0. The highest BCUT2D eigenvalue weighted by Gasteiger charge is 2.23. The molecule has 1 aliphatic carbocycles. The summed E-state index contributed by atoms with van der Waals surface area (Å²) in [6.07, 6.45) is 9.25. The summed E-state index contributed by atoms with van der Waals surface area (Å²) in [6, 6.07) is 40.7. The highest BCUT2D eigenvalue weighted by molar-refractivity contribution is 6.09. The molecule has 0 amide bonds. The Morgan fingerprint density at radius 1 is 0.567 bits per heavy atom. The highest BCUT2D eigenvalue weighted by atomic mass is 15.1. The Labute approximate surface area is 353 Å². The molecule has 7 heteroatoms. The van der Waals surface area contributed by atoms with E-state index in [9.17, 15) is 0 Å². The zero-order valence-electron chi connectivity index (χ0n) is 35.8. The second kappa shape index (κ2) is 15.2. The number of nitrogens with zero attached hydrogens (tertiary/aromatic N) is 7. The van der Waals surface area contributed by atoms with Gasteiger partial charge >= 0.3 is 0 Å². The minimum Gasteiger partial charge on any atom is -0.309 e. The molecule has 1 atom stereocenters. The van der Waals surface area contributed by atoms with Crippen LogP contribution in [0.1, 0.15) is 84.7 Å². The van der Waals surface area contributed by atoms with Gasteiger partial charge in [-0.3, -0.25) is 0 Å². The fourth-order valence-corrected chi connectivity index (χ4v) is 8.11. The summed E-state index contributed by atoms with van der Waals surface area (Å²) < 4.78 is 2.32. The molecule has 60 heavy (non-hydrogen) atoms. The molecule has 298 valence electrons. The number of aromatic nitrogens is 7. The van der Waals surface area contributed by atoms with Crippen LogP contribution in [0.4, 0.5) is 0 Å². The van der Waals surface area contributed by atoms with Gasteiger partial charge in [0.15, 0.2) is 23.3 Å². The van der Waals surface area contributed by atoms with E-state index in [2.05, 4.69) is 198 Å². The summed E-state index contributed by atoms with van der Waals surface area (Å²) >= 11 is 0. The van der Waals surface area contributed by atoms with Crippen LogP contribution in [0.15, 0.2) is 145 Å². The Morgan fingerprint density at radius 3 is 1.63 bits per heavy atom. The standard InChI is InChI=1S/C53H51N7/c1-33(2)34-17-19-36(20-18-34)48-57-49(37-23-28-40(29-24-37)53(6,7)8)59-50(58-48)38-25-30-46(60-44-15-11-9-13-41(44)42-14-10-12-16-45(42)60)43(31-38)51-55-32-54-47(56-51)35-21-26-39(27-22-35)52(3,4)5/h9-19,21-33,36H,20H2,1-8H3. The Kier molecular flexibility index (Phi) is 9.86. The molecule has 7 nitrogen and oxygen atoms in total. The van der Waals surface area contributed by atoms with Crippen LogP contribution in [0, 0.1) is 5.92 Å². The zero-order valence-corrected chi connectivity index (χ0v) is 35.8. The van der Waals surface area contributed by atoms with E-state index < -0.39 is 0 Å². The van der Waals surface area contributed by atoms with Crippen molar-refractivity contribution >= 4 is 21.8 Å². The summed E-state index contributed by atoms with van der Waals surface area (Å²) in [6.45, 7) is 17.8. The van der Waals surface area contributed by atoms with Gasteiger partial charge in [-0.1, -0.05) is 159 Å². The molecule has 0 aliphatic heterocycles. The van der Waals surface area contributed by atoms with Crippen LogP contribution in [0.25, 0.3) is 73.0 Å². The number of para-hydroxylation sites is 2. The quantitative estimate of drug-likeness (QED) is 0.160. The number of hydrogen-bond acceptors (Lipinski definition) is 6. The molecule has 3 heterocycles. The molecule has 0 radical (unpaired) electrons. The molecule has 0 saturated heterocycles. The molecular formula is C53H51N7. The van der Waals surface area contributed by atoms with Gasteiger partial charge in [-0.05, 0) is 70.2 Å². The van der Waals surface area contributed by atoms with E-state index in [0.717, 1.165) is 51.2 Å². The Hall–Kier alpha value is -6.60. The lowest BCUT2D eigenvalue weighted by Gasteiger charge is -2.20. The molecule has 0 N–H and O–H groups in total. The van der Waals surface area contributed by atoms with Gasteiger partial charge in [0.25, 0.3) is 0 Å². The third-order valence-electron chi connectivity index (χ3n) is 11.7. The maximum Gasteiger partial charge on any atom is 0.165 e. The van der Waals surface area contributed by atoms with Crippen LogP contribution in [0.2, 0.25) is 0 Å². The first kappa shape index (κ1) is 38.9. The van der Waals surface area contributed by atoms with Crippen LogP contribution >= 0.6 is 0 Å². The molecule has 9 rings (SSSR count). The third-order valence-corrected chi connectivity index (χ3v) is 11.7. The van der Waals surface area contributed by atoms with Crippen molar-refractivity contribution in [3.8, 4) is 51.2 Å². The van der Waals surface area contributed by atoms with Gasteiger partial charge in [0, 0.05) is 38.9 Å². The van der Waals surface area contributed by atoms with Crippen molar-refractivity contribution < 1.29 is 0 Å². The summed E-state index contributed by atoms with van der Waals surface area (Å²) in [5.41, 5.74) is 10.6. The molecule has 0 saturated carbocycles. The topological polar surface area (TPSA) is 82.3 Å². The molecule has 3 aromatic heterocycles. The molecule has 8 aromatic rings. The number of allylic oxidation sites excluding steroid dienone is 4. The van der Waals surface area contributed by atoms with Crippen molar-refractivity contribution in [3.05, 3.63) is 162 Å². The van der Waals surface area contributed by atoms with Crippen molar-refractivity contribution in [2.45, 2.75) is 78.6 Å². The van der Waals surface area contributed by atoms with E-state index >= 15 is 0 Å². The molecule has 0 bridgehead atoms. The fraction of sp³-hybridized carbons (Fsp3) is 0.245. The number of benzene rings is 5. The van der Waals surface area contributed by atoms with Gasteiger partial charge in [0.05, 0.1) is 16.7 Å². The number of hydrogen-bond donors (Lipinski definition) is 0. The first-order valence-electron chi connectivity index (χ1n) is 21.0. The second-order valence-corrected chi connectivity index (χ2v) is 18.3. The van der Waals surface area contributed by atoms with Crippen molar-refractivity contribution in [2.24, 2.45) is 5.92 Å². The average molecular weight is 786 g/mol. The predicted molar refractivity (Wildman–Crippen MR) is 246 cm³/mol. The SMILES string of the molecule is CC(C)C1=CCC(c2nc(-c3ccc(C(C)(C)C)cc3)nc(-c3ccc(-n4c5ccccc5c5ccccc54)c(-c4ncnc(-c5ccc(C(C)(C)C)cc5)n4)c3)n2)C=C1. The van der Waals surface area contributed by atoms with Gasteiger partial charge in [-0.25, -0.2) is 29.9 Å². The van der Waals surface area contributed by atoms with Crippen molar-refractivity contribution in [3.63, 3.8) is 0 Å². The van der Waals surface area contributed by atoms with E-state index in [-0.39, 0.29) is 16.7 Å². The Balaban J connectivity index is 1.24. The van der Waals surface area contributed by atoms with Crippen LogP contribution in [0.3, 0.4) is 0 Å². The molecule has 5 aromatic carbocycles. The lowest BCUT2D eigenvalue weighted by Crippen LogP contribution is -2.11. The Morgan fingerprint density at radius 2 is 1.08 bits per heavy atom. The van der Waals surface area contributed by atoms with E-state index in [1.165, 1.54) is 27.5 Å². The first-order chi connectivity index (χ1) is 28.8. The predicted octanol–water partition coefficient (Wildman–Crippen LogP) is 13.0. The third kappa shape index (κ3) is 7.45. The van der Waals surface area contributed by atoms with Gasteiger partial charge < -0.3 is 4.57 Å². The summed E-state index contributed by atoms with van der Waals surface area (Å²) in [5, 5.41) is 2.36. The molecule has 1 aliphatic rings. The molecular weight excluding hydrogens is 735 g/mol. The van der Waals surface area contributed by atoms with Crippen LogP contribution in [0.5, 0.6) is 0 Å². The molecule has 0 spiro atoms. The van der Waals surface area contributed by atoms with Crippen molar-refractivity contribution in [1.29, 1.82) is 0 Å². The molecule has 1 unspecified atom stereocenters. The van der Waals surface area contributed by atoms with Crippen LogP contribution < -0.4 is 0 Å². The minimum atomic E-state index is 0.0222. The van der Waals surface area contributed by atoms with Gasteiger partial charge in [0.2, 0.25) is 0 Å². The van der Waals surface area contributed by atoms with Gasteiger partial charge in [0.1, 0.15) is 12.2 Å². The second-order valence-electron chi connectivity index (χ2n) is 18.3. The number of fused-ring (bicyclic) bond motifs is 3. The minimum absolute atomic E-state index is 0.0222. The largest absolute Gasteiger partial charge is 0.309 e. The monoisotopic (exact) mass is 785 g/mol. The highest BCUT2D eigenvalue weighted by Crippen LogP contribution is 2.38. The maximum absolute atomic E-state index is 5.24. The van der Waals surface area contributed by atoms with Crippen molar-refractivity contribution in [1.82, 2.24) is 34.5 Å². The number of rotatable bonds is 7. The maximum atomic E-state index is 5.24. The van der Waals surface area contributed by atoms with Crippen molar-refractivity contribution in [2.75, 3.05) is 0 Å². The van der Waals surface area contributed by atoms with Crippen LogP contribution in [-0.2, 0) is 10.8 Å². The molecule has 0 fully saturated rings. The lowest BCUT2D eigenvalue weighted by molar-refractivity contribution is 0.590. The summed E-state index contributed by atoms with van der Waals surface area (Å²) in [4.78, 5) is 30.3. The average Bonchev–Trinajstić information content (AvgIpc) is 3.60. The Bertz CT molecular complexity index is 2880.